The molecule has 0 saturated carbocycles. The third-order valence-corrected chi connectivity index (χ3v) is 3.70. The van der Waals surface area contributed by atoms with Crippen molar-refractivity contribution >= 4 is 0 Å². The number of aliphatic hydroxyl groups is 4. The summed E-state index contributed by atoms with van der Waals surface area (Å²) in [4.78, 5) is 4.09. The minimum Gasteiger partial charge on any atom is -0.508 e. The molecule has 0 spiro atoms. The molecule has 1 saturated heterocycles. The van der Waals surface area contributed by atoms with Crippen LogP contribution in [0, 0.1) is 0 Å². The van der Waals surface area contributed by atoms with E-state index < -0.39 is 37.1 Å². The van der Waals surface area contributed by atoms with Gasteiger partial charge in [-0.2, -0.15) is 4.98 Å². The van der Waals surface area contributed by atoms with Gasteiger partial charge in [-0.25, -0.2) is 0 Å². The molecule has 3 rings (SSSR count). The lowest BCUT2D eigenvalue weighted by atomic mass is 9.95. The molecule has 0 amide bonds. The first-order chi connectivity index (χ1) is 11.0. The summed E-state index contributed by atoms with van der Waals surface area (Å²) < 4.78 is 10.4. The minimum atomic E-state index is -1.52. The molecule has 5 N–H and O–H groups in total. The third kappa shape index (κ3) is 2.92. The lowest BCUT2D eigenvalue weighted by molar-refractivity contribution is -0.237. The van der Waals surface area contributed by atoms with E-state index in [0.717, 1.165) is 0 Å². The van der Waals surface area contributed by atoms with Crippen LogP contribution in [-0.4, -0.2) is 66.7 Å². The van der Waals surface area contributed by atoms with Gasteiger partial charge in [0.2, 0.25) is 5.82 Å². The molecule has 9 nitrogen and oxygen atoms in total. The Bertz CT molecular complexity index is 657. The largest absolute Gasteiger partial charge is 0.508 e. The van der Waals surface area contributed by atoms with E-state index in [-0.39, 0.29) is 17.5 Å². The van der Waals surface area contributed by atoms with Gasteiger partial charge < -0.3 is 34.8 Å². The van der Waals surface area contributed by atoms with Gasteiger partial charge in [0.25, 0.3) is 5.89 Å². The molecule has 1 aliphatic rings. The van der Waals surface area contributed by atoms with Gasteiger partial charge in [0.15, 0.2) is 6.10 Å². The summed E-state index contributed by atoms with van der Waals surface area (Å²) in [6.45, 7) is -0.541. The molecular weight excluding hydrogens is 308 g/mol. The van der Waals surface area contributed by atoms with Crippen LogP contribution < -0.4 is 0 Å². The normalized spacial score (nSPS) is 31.2. The highest BCUT2D eigenvalue weighted by Crippen LogP contribution is 2.32. The predicted octanol–water partition coefficient (Wildman–Crippen LogP) is -1.04. The Morgan fingerprint density at radius 1 is 1.00 bits per heavy atom. The fourth-order valence-electron chi connectivity index (χ4n) is 2.38. The molecule has 124 valence electrons. The van der Waals surface area contributed by atoms with E-state index in [4.69, 9.17) is 9.26 Å². The zero-order valence-corrected chi connectivity index (χ0v) is 11.9. The maximum atomic E-state index is 10.0. The monoisotopic (exact) mass is 324 g/mol. The summed E-state index contributed by atoms with van der Waals surface area (Å²) in [6, 6.07) is 6.08. The van der Waals surface area contributed by atoms with Gasteiger partial charge in [0, 0.05) is 5.56 Å². The zero-order chi connectivity index (χ0) is 16.6. The molecule has 2 heterocycles. The molecular formula is C14H16N2O7. The zero-order valence-electron chi connectivity index (χ0n) is 11.9. The molecule has 0 radical (unpaired) electrons. The number of benzene rings is 1. The summed E-state index contributed by atoms with van der Waals surface area (Å²) >= 11 is 0. The highest BCUT2D eigenvalue weighted by atomic mass is 16.6. The second-order valence-corrected chi connectivity index (χ2v) is 5.25. The van der Waals surface area contributed by atoms with Crippen LogP contribution in [0.1, 0.15) is 12.0 Å². The van der Waals surface area contributed by atoms with Crippen LogP contribution in [0.3, 0.4) is 0 Å². The smallest absolute Gasteiger partial charge is 0.258 e. The molecule has 1 aliphatic heterocycles. The lowest BCUT2D eigenvalue weighted by Gasteiger charge is -2.38. The number of nitrogens with zero attached hydrogens (tertiary/aromatic N) is 2. The van der Waals surface area contributed by atoms with Gasteiger partial charge in [0.1, 0.15) is 30.2 Å². The van der Waals surface area contributed by atoms with Crippen molar-refractivity contribution in [2.75, 3.05) is 6.61 Å². The average molecular weight is 324 g/mol. The summed E-state index contributed by atoms with van der Waals surface area (Å²) in [6.07, 6.45) is -6.69. The highest BCUT2D eigenvalue weighted by Gasteiger charge is 2.46. The Morgan fingerprint density at radius 2 is 1.70 bits per heavy atom. The number of aromatic hydroxyl groups is 1. The van der Waals surface area contributed by atoms with Crippen molar-refractivity contribution in [2.24, 2.45) is 0 Å². The molecule has 23 heavy (non-hydrogen) atoms. The standard InChI is InChI=1S/C14H16N2O7/c17-5-8-9(19)10(20)11(21)12(22-8)14-15-13(16-23-14)6-1-3-7(18)4-2-6/h1-4,8-12,17-21H,5H2/t8-,9-,10+,11-,12-/m1/s1. The van der Waals surface area contributed by atoms with Gasteiger partial charge in [-0.05, 0) is 24.3 Å². The fraction of sp³-hybridized carbons (Fsp3) is 0.429. The van der Waals surface area contributed by atoms with Crippen LogP contribution >= 0.6 is 0 Å². The minimum absolute atomic E-state index is 0.0893. The Hall–Kier alpha value is -2.04. The molecule has 1 aromatic heterocycles. The number of rotatable bonds is 3. The average Bonchev–Trinajstić information content (AvgIpc) is 3.03. The molecule has 1 fully saturated rings. The van der Waals surface area contributed by atoms with Gasteiger partial charge in [-0.1, -0.05) is 5.16 Å². The summed E-state index contributed by atoms with van der Waals surface area (Å²) in [5, 5.41) is 51.7. The van der Waals surface area contributed by atoms with Gasteiger partial charge in [-0.3, -0.25) is 0 Å². The number of hydrogen-bond donors (Lipinski definition) is 5. The van der Waals surface area contributed by atoms with E-state index in [1.807, 2.05) is 0 Å². The molecule has 9 heteroatoms. The Kier molecular flexibility index (Phi) is 4.28. The van der Waals surface area contributed by atoms with Crippen molar-refractivity contribution in [3.63, 3.8) is 0 Å². The van der Waals surface area contributed by atoms with E-state index in [0.29, 0.717) is 5.56 Å². The number of phenolic OH excluding ortho intramolecular Hbond substituents is 1. The van der Waals surface area contributed by atoms with Crippen LogP contribution in [0.25, 0.3) is 11.4 Å². The molecule has 0 aliphatic carbocycles. The van der Waals surface area contributed by atoms with Crippen molar-refractivity contribution in [3.8, 4) is 17.1 Å². The number of aliphatic hydroxyl groups excluding tert-OH is 4. The summed E-state index contributed by atoms with van der Waals surface area (Å²) in [5.41, 5.74) is 0.572. The van der Waals surface area contributed by atoms with E-state index in [2.05, 4.69) is 10.1 Å². The third-order valence-electron chi connectivity index (χ3n) is 3.70. The van der Waals surface area contributed by atoms with Crippen LogP contribution in [0.2, 0.25) is 0 Å². The molecule has 0 unspecified atom stereocenters. The first kappa shape index (κ1) is 15.8. The maximum Gasteiger partial charge on any atom is 0.258 e. The first-order valence-electron chi connectivity index (χ1n) is 6.94. The number of hydrogen-bond acceptors (Lipinski definition) is 9. The van der Waals surface area contributed by atoms with Crippen molar-refractivity contribution in [1.82, 2.24) is 10.1 Å². The van der Waals surface area contributed by atoms with E-state index in [9.17, 15) is 25.5 Å². The predicted molar refractivity (Wildman–Crippen MR) is 74.1 cm³/mol. The van der Waals surface area contributed by atoms with Crippen molar-refractivity contribution < 1.29 is 34.8 Å². The quantitative estimate of drug-likeness (QED) is 0.477. The molecule has 2 aromatic rings. The topological polar surface area (TPSA) is 149 Å². The SMILES string of the molecule is OC[C@H]1O[C@@H](c2nc(-c3ccc(O)cc3)no2)[C@H](O)[C@@H](O)[C@@H]1O. The van der Waals surface area contributed by atoms with Gasteiger partial charge in [-0.15, -0.1) is 0 Å². The van der Waals surface area contributed by atoms with Crippen molar-refractivity contribution in [3.05, 3.63) is 30.2 Å². The maximum absolute atomic E-state index is 10.0. The van der Waals surface area contributed by atoms with Crippen LogP contribution in [-0.2, 0) is 4.74 Å². The van der Waals surface area contributed by atoms with Gasteiger partial charge >= 0.3 is 0 Å². The fourth-order valence-corrected chi connectivity index (χ4v) is 2.38. The van der Waals surface area contributed by atoms with Gasteiger partial charge in [0.05, 0.1) is 6.61 Å². The van der Waals surface area contributed by atoms with E-state index >= 15 is 0 Å². The lowest BCUT2D eigenvalue weighted by Crippen LogP contribution is -2.55. The second kappa shape index (κ2) is 6.22. The molecule has 5 atom stereocenters. The second-order valence-electron chi connectivity index (χ2n) is 5.25. The number of aromatic nitrogens is 2. The first-order valence-corrected chi connectivity index (χ1v) is 6.94. The van der Waals surface area contributed by atoms with Crippen LogP contribution in [0.5, 0.6) is 5.75 Å². The van der Waals surface area contributed by atoms with Crippen LogP contribution in [0.4, 0.5) is 0 Å². The Morgan fingerprint density at radius 3 is 2.35 bits per heavy atom. The van der Waals surface area contributed by atoms with E-state index in [1.54, 1.807) is 12.1 Å². The Balaban J connectivity index is 1.85. The number of phenols is 1. The number of ether oxygens (including phenoxy) is 1. The van der Waals surface area contributed by atoms with E-state index in [1.165, 1.54) is 12.1 Å². The van der Waals surface area contributed by atoms with Crippen molar-refractivity contribution in [1.29, 1.82) is 0 Å². The summed E-state index contributed by atoms with van der Waals surface area (Å²) in [7, 11) is 0. The molecule has 0 bridgehead atoms. The molecule has 1 aromatic carbocycles. The summed E-state index contributed by atoms with van der Waals surface area (Å²) in [5.74, 6) is 0.202. The highest BCUT2D eigenvalue weighted by molar-refractivity contribution is 5.55. The van der Waals surface area contributed by atoms with Crippen molar-refractivity contribution in [2.45, 2.75) is 30.5 Å². The Labute approximate surface area is 130 Å². The van der Waals surface area contributed by atoms with Crippen LogP contribution in [0.15, 0.2) is 28.8 Å².